The SMILES string of the molecule is O=C(NC1CCN(c2ncnc3cc(C(F)(F)F)cc(C(F)(F)F)c23)CC1)c1cccc(Cl)c1Cl. The van der Waals surface area contributed by atoms with Gasteiger partial charge in [0.05, 0.1) is 37.6 Å². The molecule has 1 amide bonds. The normalized spacial score (nSPS) is 15.5. The average molecular weight is 537 g/mol. The van der Waals surface area contributed by atoms with E-state index in [1.54, 1.807) is 11.0 Å². The largest absolute Gasteiger partial charge is 0.417 e. The maximum atomic E-state index is 13.8. The summed E-state index contributed by atoms with van der Waals surface area (Å²) < 4.78 is 80.8. The molecule has 5 nitrogen and oxygen atoms in total. The average Bonchev–Trinajstić information content (AvgIpc) is 2.79. The van der Waals surface area contributed by atoms with Crippen molar-refractivity contribution in [3.63, 3.8) is 0 Å². The quantitative estimate of drug-likeness (QED) is 0.395. The van der Waals surface area contributed by atoms with Crippen LogP contribution in [0.2, 0.25) is 10.0 Å². The predicted molar refractivity (Wildman–Crippen MR) is 119 cm³/mol. The zero-order valence-electron chi connectivity index (χ0n) is 17.6. The molecule has 186 valence electrons. The van der Waals surface area contributed by atoms with Gasteiger partial charge in [-0.3, -0.25) is 4.79 Å². The Hall–Kier alpha value is -2.79. The van der Waals surface area contributed by atoms with E-state index in [0.717, 1.165) is 6.33 Å². The van der Waals surface area contributed by atoms with Gasteiger partial charge in [0.15, 0.2) is 0 Å². The van der Waals surface area contributed by atoms with Crippen molar-refractivity contribution >= 4 is 45.8 Å². The summed E-state index contributed by atoms with van der Waals surface area (Å²) in [4.78, 5) is 21.8. The lowest BCUT2D eigenvalue weighted by atomic mass is 10.0. The van der Waals surface area contributed by atoms with Gasteiger partial charge in [-0.25, -0.2) is 9.97 Å². The van der Waals surface area contributed by atoms with Crippen LogP contribution in [0.3, 0.4) is 0 Å². The Morgan fingerprint density at radius 2 is 1.69 bits per heavy atom. The number of hydrogen-bond acceptors (Lipinski definition) is 4. The van der Waals surface area contributed by atoms with Crippen molar-refractivity contribution in [2.75, 3.05) is 18.0 Å². The lowest BCUT2D eigenvalue weighted by molar-refractivity contribution is -0.142. The zero-order chi connectivity index (χ0) is 25.5. The highest BCUT2D eigenvalue weighted by atomic mass is 35.5. The number of carbonyl (C=O) groups excluding carboxylic acids is 1. The second-order valence-corrected chi connectivity index (χ2v) is 8.73. The molecule has 0 radical (unpaired) electrons. The topological polar surface area (TPSA) is 58.1 Å². The number of hydrogen-bond donors (Lipinski definition) is 1. The summed E-state index contributed by atoms with van der Waals surface area (Å²) in [6, 6.07) is 4.99. The Morgan fingerprint density at radius 1 is 1.00 bits per heavy atom. The van der Waals surface area contributed by atoms with Crippen molar-refractivity contribution in [3.8, 4) is 0 Å². The van der Waals surface area contributed by atoms with Gasteiger partial charge in [0, 0.05) is 19.1 Å². The van der Waals surface area contributed by atoms with E-state index < -0.39 is 40.3 Å². The van der Waals surface area contributed by atoms with Crippen LogP contribution in [-0.4, -0.2) is 35.0 Å². The Morgan fingerprint density at radius 3 is 2.31 bits per heavy atom. The Balaban J connectivity index is 1.58. The molecule has 0 spiro atoms. The molecule has 3 aromatic rings. The van der Waals surface area contributed by atoms with E-state index in [2.05, 4.69) is 15.3 Å². The Labute approximate surface area is 205 Å². The molecule has 0 aliphatic carbocycles. The Bertz CT molecular complexity index is 1270. The first kappa shape index (κ1) is 25.3. The monoisotopic (exact) mass is 536 g/mol. The molecule has 2 heterocycles. The van der Waals surface area contributed by atoms with Crippen LogP contribution in [0, 0.1) is 0 Å². The molecule has 2 aromatic carbocycles. The van der Waals surface area contributed by atoms with Crippen molar-refractivity contribution in [3.05, 3.63) is 63.4 Å². The van der Waals surface area contributed by atoms with Crippen LogP contribution in [0.15, 0.2) is 36.7 Å². The molecule has 1 saturated heterocycles. The van der Waals surface area contributed by atoms with E-state index in [4.69, 9.17) is 23.2 Å². The number of amides is 1. The third kappa shape index (κ3) is 5.25. The number of nitrogens with one attached hydrogen (secondary N) is 1. The van der Waals surface area contributed by atoms with Crippen LogP contribution in [0.4, 0.5) is 32.2 Å². The van der Waals surface area contributed by atoms with Crippen LogP contribution < -0.4 is 10.2 Å². The van der Waals surface area contributed by atoms with Crippen LogP contribution >= 0.6 is 23.2 Å². The molecule has 1 fully saturated rings. The number of piperidine rings is 1. The van der Waals surface area contributed by atoms with E-state index in [1.807, 2.05) is 0 Å². The minimum Gasteiger partial charge on any atom is -0.356 e. The standard InChI is InChI=1S/C22H16Cl2F6N4O/c23-15-3-1-2-13(18(15)24)20(35)33-12-4-6-34(7-5-12)19-17-14(22(28,29)30)8-11(21(25,26)27)9-16(17)31-10-32-19/h1-3,8-10,12H,4-7H2,(H,33,35). The molecule has 13 heteroatoms. The molecule has 0 atom stereocenters. The second-order valence-electron chi connectivity index (χ2n) is 7.95. The zero-order valence-corrected chi connectivity index (χ0v) is 19.2. The first-order valence-electron chi connectivity index (χ1n) is 10.3. The van der Waals surface area contributed by atoms with Gasteiger partial charge < -0.3 is 10.2 Å². The maximum absolute atomic E-state index is 13.8. The molecule has 1 aliphatic heterocycles. The smallest absolute Gasteiger partial charge is 0.356 e. The highest BCUT2D eigenvalue weighted by molar-refractivity contribution is 6.43. The highest BCUT2D eigenvalue weighted by Crippen LogP contribution is 2.42. The van der Waals surface area contributed by atoms with Crippen LogP contribution in [0.1, 0.15) is 34.3 Å². The fraction of sp³-hybridized carbons (Fsp3) is 0.318. The van der Waals surface area contributed by atoms with Gasteiger partial charge in [0.2, 0.25) is 0 Å². The van der Waals surface area contributed by atoms with E-state index in [-0.39, 0.29) is 46.6 Å². The molecule has 0 bridgehead atoms. The third-order valence-corrected chi connectivity index (χ3v) is 6.50. The van der Waals surface area contributed by atoms with Crippen molar-refractivity contribution in [1.29, 1.82) is 0 Å². The number of aromatic nitrogens is 2. The minimum atomic E-state index is -5.05. The molecule has 1 aromatic heterocycles. The summed E-state index contributed by atoms with van der Waals surface area (Å²) in [7, 11) is 0. The summed E-state index contributed by atoms with van der Waals surface area (Å²) in [5.74, 6) is -0.554. The lowest BCUT2D eigenvalue weighted by Crippen LogP contribution is -2.45. The summed E-state index contributed by atoms with van der Waals surface area (Å²) in [6.45, 7) is 0.414. The molecular weight excluding hydrogens is 521 g/mol. The van der Waals surface area contributed by atoms with Gasteiger partial charge in [-0.05, 0) is 37.1 Å². The van der Waals surface area contributed by atoms with Crippen LogP contribution in [0.25, 0.3) is 10.9 Å². The van der Waals surface area contributed by atoms with Crippen molar-refractivity contribution < 1.29 is 31.1 Å². The molecule has 1 N–H and O–H groups in total. The maximum Gasteiger partial charge on any atom is 0.417 e. The molecule has 0 unspecified atom stereocenters. The van der Waals surface area contributed by atoms with Gasteiger partial charge >= 0.3 is 12.4 Å². The Kier molecular flexibility index (Phi) is 6.76. The molecular formula is C22H16Cl2F6N4O. The predicted octanol–water partition coefficient (Wildman–Crippen LogP) is 6.37. The van der Waals surface area contributed by atoms with Gasteiger partial charge in [-0.2, -0.15) is 26.3 Å². The molecule has 4 rings (SSSR count). The van der Waals surface area contributed by atoms with Gasteiger partial charge in [-0.15, -0.1) is 0 Å². The first-order chi connectivity index (χ1) is 16.4. The van der Waals surface area contributed by atoms with Gasteiger partial charge in [-0.1, -0.05) is 29.3 Å². The van der Waals surface area contributed by atoms with E-state index in [1.165, 1.54) is 12.1 Å². The molecule has 1 aliphatic rings. The van der Waals surface area contributed by atoms with E-state index >= 15 is 0 Å². The van der Waals surface area contributed by atoms with Crippen molar-refractivity contribution in [2.24, 2.45) is 0 Å². The number of fused-ring (bicyclic) bond motifs is 1. The number of nitrogens with zero attached hydrogens (tertiary/aromatic N) is 3. The summed E-state index contributed by atoms with van der Waals surface area (Å²) in [5, 5.41) is 2.65. The number of benzene rings is 2. The first-order valence-corrected chi connectivity index (χ1v) is 11.0. The second kappa shape index (κ2) is 9.34. The fourth-order valence-corrected chi connectivity index (χ4v) is 4.37. The number of halogens is 8. The number of alkyl halides is 6. The molecule has 0 saturated carbocycles. The highest BCUT2D eigenvalue weighted by Gasteiger charge is 2.40. The van der Waals surface area contributed by atoms with Gasteiger partial charge in [0.1, 0.15) is 12.1 Å². The van der Waals surface area contributed by atoms with Gasteiger partial charge in [0.25, 0.3) is 5.91 Å². The van der Waals surface area contributed by atoms with Crippen LogP contribution in [-0.2, 0) is 12.4 Å². The lowest BCUT2D eigenvalue weighted by Gasteiger charge is -2.34. The van der Waals surface area contributed by atoms with Crippen molar-refractivity contribution in [1.82, 2.24) is 15.3 Å². The van der Waals surface area contributed by atoms with Crippen molar-refractivity contribution in [2.45, 2.75) is 31.2 Å². The summed E-state index contributed by atoms with van der Waals surface area (Å²) in [6.07, 6.45) is -8.37. The fourth-order valence-electron chi connectivity index (χ4n) is 3.98. The van der Waals surface area contributed by atoms with E-state index in [9.17, 15) is 31.1 Å². The third-order valence-electron chi connectivity index (χ3n) is 5.68. The molecule has 35 heavy (non-hydrogen) atoms. The van der Waals surface area contributed by atoms with E-state index in [0.29, 0.717) is 18.9 Å². The number of rotatable bonds is 3. The number of carbonyl (C=O) groups is 1. The minimum absolute atomic E-state index is 0.0803. The number of anilines is 1. The summed E-state index contributed by atoms with van der Waals surface area (Å²) in [5.41, 5.74) is -3.16. The van der Waals surface area contributed by atoms with Crippen LogP contribution in [0.5, 0.6) is 0 Å². The summed E-state index contributed by atoms with van der Waals surface area (Å²) >= 11 is 12.0.